The normalized spacial score (nSPS) is 19.0. The largest absolute Gasteiger partial charge is 0.378 e. The highest BCUT2D eigenvalue weighted by atomic mass is 16.5. The number of rotatable bonds is 14. The molecular weight excluding hydrogens is 328 g/mol. The Labute approximate surface area is 162 Å². The molecule has 5 unspecified atom stereocenters. The molecule has 0 fully saturated rings. The van der Waals surface area contributed by atoms with Gasteiger partial charge in [0.05, 0.1) is 31.0 Å². The van der Waals surface area contributed by atoms with E-state index in [0.29, 0.717) is 31.7 Å². The quantitative estimate of drug-likeness (QED) is 0.484. The van der Waals surface area contributed by atoms with E-state index in [2.05, 4.69) is 41.5 Å². The number of ether oxygens (including phenoxy) is 3. The van der Waals surface area contributed by atoms with E-state index in [1.54, 1.807) is 0 Å². The molecule has 0 aliphatic carbocycles. The van der Waals surface area contributed by atoms with Gasteiger partial charge in [0, 0.05) is 18.2 Å². The summed E-state index contributed by atoms with van der Waals surface area (Å²) in [6.45, 7) is 20.8. The van der Waals surface area contributed by atoms with Crippen LogP contribution < -0.4 is 11.5 Å². The van der Waals surface area contributed by atoms with Crippen LogP contribution in [0, 0.1) is 11.8 Å². The molecule has 0 aromatic heterocycles. The molecule has 0 bridgehead atoms. The molecule has 0 amide bonds. The van der Waals surface area contributed by atoms with Crippen molar-refractivity contribution in [3.8, 4) is 0 Å². The highest BCUT2D eigenvalue weighted by Crippen LogP contribution is 2.19. The summed E-state index contributed by atoms with van der Waals surface area (Å²) in [5.74, 6) is 0.760. The lowest BCUT2D eigenvalue weighted by atomic mass is 9.91. The summed E-state index contributed by atoms with van der Waals surface area (Å²) in [7, 11) is 0. The van der Waals surface area contributed by atoms with Crippen LogP contribution in [0.4, 0.5) is 0 Å². The van der Waals surface area contributed by atoms with E-state index < -0.39 is 0 Å². The topological polar surface area (TPSA) is 79.7 Å². The first-order valence-corrected chi connectivity index (χ1v) is 10.2. The third-order valence-electron chi connectivity index (χ3n) is 5.18. The average molecular weight is 375 g/mol. The molecule has 0 aliphatic rings. The van der Waals surface area contributed by atoms with Crippen LogP contribution in [0.25, 0.3) is 0 Å². The number of hydrogen-bond acceptors (Lipinski definition) is 5. The lowest BCUT2D eigenvalue weighted by Crippen LogP contribution is -2.42. The van der Waals surface area contributed by atoms with Gasteiger partial charge in [0.15, 0.2) is 0 Å². The molecule has 5 atom stereocenters. The van der Waals surface area contributed by atoms with Crippen LogP contribution in [-0.4, -0.2) is 49.2 Å². The van der Waals surface area contributed by atoms with Gasteiger partial charge in [-0.25, -0.2) is 0 Å². The van der Waals surface area contributed by atoms with Crippen LogP contribution in [-0.2, 0) is 14.2 Å². The van der Waals surface area contributed by atoms with E-state index >= 15 is 0 Å². The third-order valence-corrected chi connectivity index (χ3v) is 5.18. The van der Waals surface area contributed by atoms with Gasteiger partial charge in [-0.15, -0.1) is 0 Å². The van der Waals surface area contributed by atoms with Crippen molar-refractivity contribution in [3.05, 3.63) is 0 Å². The molecule has 0 saturated carbocycles. The van der Waals surface area contributed by atoms with E-state index in [1.165, 1.54) is 0 Å². The van der Waals surface area contributed by atoms with Gasteiger partial charge in [0.25, 0.3) is 0 Å². The van der Waals surface area contributed by atoms with Crippen molar-refractivity contribution in [2.45, 2.75) is 105 Å². The molecule has 0 heterocycles. The minimum absolute atomic E-state index is 0.0730. The number of hydrogen-bond donors (Lipinski definition) is 2. The Kier molecular flexibility index (Phi) is 11.5. The molecule has 4 N–H and O–H groups in total. The van der Waals surface area contributed by atoms with Gasteiger partial charge in [-0.3, -0.25) is 0 Å². The maximum Gasteiger partial charge on any atom is 0.0780 e. The highest BCUT2D eigenvalue weighted by Gasteiger charge is 2.23. The molecule has 0 spiro atoms. The maximum absolute atomic E-state index is 6.12. The molecule has 0 aliphatic heterocycles. The Bertz CT molecular complexity index is 367. The smallest absolute Gasteiger partial charge is 0.0780 e. The maximum atomic E-state index is 6.12. The Morgan fingerprint density at radius 2 is 1.46 bits per heavy atom. The second-order valence-corrected chi connectivity index (χ2v) is 9.46. The summed E-state index contributed by atoms with van der Waals surface area (Å²) in [5.41, 5.74) is 11.6. The first kappa shape index (κ1) is 25.8. The van der Waals surface area contributed by atoms with Crippen LogP contribution in [0.1, 0.15) is 75.2 Å². The minimum Gasteiger partial charge on any atom is -0.378 e. The van der Waals surface area contributed by atoms with Crippen LogP contribution in [0.2, 0.25) is 0 Å². The SMILES string of the molecule is CC(N)CC(C)(C)OCC(C)OCCC(C)C(C)OCC(C)C(C)(C)N. The molecule has 5 nitrogen and oxygen atoms in total. The lowest BCUT2D eigenvalue weighted by molar-refractivity contribution is -0.0835. The van der Waals surface area contributed by atoms with Crippen molar-refractivity contribution >= 4 is 0 Å². The van der Waals surface area contributed by atoms with Gasteiger partial charge in [0.1, 0.15) is 0 Å². The van der Waals surface area contributed by atoms with E-state index in [-0.39, 0.29) is 29.4 Å². The lowest BCUT2D eigenvalue weighted by Gasteiger charge is -2.30. The molecule has 158 valence electrons. The van der Waals surface area contributed by atoms with E-state index in [4.69, 9.17) is 25.7 Å². The van der Waals surface area contributed by atoms with Crippen molar-refractivity contribution in [2.75, 3.05) is 19.8 Å². The second kappa shape index (κ2) is 11.6. The van der Waals surface area contributed by atoms with Gasteiger partial charge in [-0.2, -0.15) is 0 Å². The van der Waals surface area contributed by atoms with Crippen molar-refractivity contribution < 1.29 is 14.2 Å². The monoisotopic (exact) mass is 374 g/mol. The average Bonchev–Trinajstić information content (AvgIpc) is 2.47. The van der Waals surface area contributed by atoms with E-state index in [0.717, 1.165) is 12.8 Å². The summed E-state index contributed by atoms with van der Waals surface area (Å²) in [5, 5.41) is 0. The summed E-state index contributed by atoms with van der Waals surface area (Å²) in [6.07, 6.45) is 2.07. The first-order chi connectivity index (χ1) is 11.7. The summed E-state index contributed by atoms with van der Waals surface area (Å²) < 4.78 is 17.9. The zero-order valence-electron chi connectivity index (χ0n) is 18.8. The van der Waals surface area contributed by atoms with Gasteiger partial charge in [-0.05, 0) is 73.1 Å². The van der Waals surface area contributed by atoms with Gasteiger partial charge < -0.3 is 25.7 Å². The van der Waals surface area contributed by atoms with Crippen LogP contribution in [0.15, 0.2) is 0 Å². The fraction of sp³-hybridized carbons (Fsp3) is 1.00. The van der Waals surface area contributed by atoms with Crippen LogP contribution in [0.5, 0.6) is 0 Å². The van der Waals surface area contributed by atoms with E-state index in [1.807, 2.05) is 20.8 Å². The standard InChI is InChI=1S/C21H46N2O3/c1-15(19(5)25-13-16(2)21(8,9)23)10-11-24-18(4)14-26-20(6,7)12-17(3)22/h15-19H,10-14,22-23H2,1-9H3. The van der Waals surface area contributed by atoms with Crippen LogP contribution in [0.3, 0.4) is 0 Å². The molecule has 0 rings (SSSR count). The van der Waals surface area contributed by atoms with Gasteiger partial charge in [0.2, 0.25) is 0 Å². The van der Waals surface area contributed by atoms with E-state index in [9.17, 15) is 0 Å². The minimum atomic E-state index is -0.213. The van der Waals surface area contributed by atoms with Crippen molar-refractivity contribution in [2.24, 2.45) is 23.3 Å². The Morgan fingerprint density at radius 1 is 0.885 bits per heavy atom. The Balaban J connectivity index is 4.00. The third kappa shape index (κ3) is 12.2. The molecule has 5 heteroatoms. The second-order valence-electron chi connectivity index (χ2n) is 9.46. The summed E-state index contributed by atoms with van der Waals surface area (Å²) >= 11 is 0. The zero-order chi connectivity index (χ0) is 20.5. The zero-order valence-corrected chi connectivity index (χ0v) is 18.8. The molecule has 0 aromatic carbocycles. The Morgan fingerprint density at radius 3 is 1.96 bits per heavy atom. The van der Waals surface area contributed by atoms with Crippen molar-refractivity contribution in [1.82, 2.24) is 0 Å². The number of nitrogens with two attached hydrogens (primary N) is 2. The molecule has 26 heavy (non-hydrogen) atoms. The van der Waals surface area contributed by atoms with Crippen molar-refractivity contribution in [3.63, 3.8) is 0 Å². The molecule has 0 radical (unpaired) electrons. The summed E-state index contributed by atoms with van der Waals surface area (Å²) in [6, 6.07) is 0.135. The van der Waals surface area contributed by atoms with Gasteiger partial charge in [-0.1, -0.05) is 13.8 Å². The highest BCUT2D eigenvalue weighted by molar-refractivity contribution is 4.79. The molecular formula is C21H46N2O3. The Hall–Kier alpha value is -0.200. The van der Waals surface area contributed by atoms with Crippen molar-refractivity contribution in [1.29, 1.82) is 0 Å². The molecule has 0 aromatic rings. The fourth-order valence-electron chi connectivity index (χ4n) is 2.59. The van der Waals surface area contributed by atoms with Crippen LogP contribution >= 0.6 is 0 Å². The predicted octanol–water partition coefficient (Wildman–Crippen LogP) is 3.73. The fourth-order valence-corrected chi connectivity index (χ4v) is 2.59. The summed E-state index contributed by atoms with van der Waals surface area (Å²) in [4.78, 5) is 0. The molecule has 0 saturated heterocycles. The predicted molar refractivity (Wildman–Crippen MR) is 110 cm³/mol. The van der Waals surface area contributed by atoms with Gasteiger partial charge >= 0.3 is 0 Å². The first-order valence-electron chi connectivity index (χ1n) is 10.2.